The van der Waals surface area contributed by atoms with Gasteiger partial charge in [-0.25, -0.2) is 9.78 Å². The van der Waals surface area contributed by atoms with Crippen molar-refractivity contribution in [2.75, 3.05) is 7.11 Å². The lowest BCUT2D eigenvalue weighted by Crippen LogP contribution is -2.36. The first kappa shape index (κ1) is 16.6. The van der Waals surface area contributed by atoms with E-state index in [1.54, 1.807) is 10.3 Å². The summed E-state index contributed by atoms with van der Waals surface area (Å²) < 4.78 is 4.63. The molecule has 1 aromatic heterocycles. The smallest absolute Gasteiger partial charge is 0.357 e. The highest BCUT2D eigenvalue weighted by atomic mass is 32.1. The average molecular weight is 298 g/mol. The highest BCUT2D eigenvalue weighted by Crippen LogP contribution is 2.16. The first-order valence-electron chi connectivity index (χ1n) is 6.81. The Morgan fingerprint density at radius 1 is 1.45 bits per heavy atom. The molecule has 1 heterocycles. The number of hydrogen-bond donors (Lipinski definition) is 0. The number of ether oxygens (including phenoxy) is 1. The molecule has 112 valence electrons. The lowest BCUT2D eigenvalue weighted by atomic mass is 10.2. The Balaban J connectivity index is 2.73. The molecule has 5 nitrogen and oxygen atoms in total. The second-order valence-corrected chi connectivity index (χ2v) is 5.78. The summed E-state index contributed by atoms with van der Waals surface area (Å²) in [4.78, 5) is 29.5. The molecule has 0 fully saturated rings. The Kier molecular flexibility index (Phi) is 6.64. The Morgan fingerprint density at radius 2 is 2.15 bits per heavy atom. The molecule has 0 aromatic carbocycles. The van der Waals surface area contributed by atoms with E-state index in [-0.39, 0.29) is 11.9 Å². The Morgan fingerprint density at radius 3 is 2.70 bits per heavy atom. The van der Waals surface area contributed by atoms with Gasteiger partial charge in [-0.15, -0.1) is 11.3 Å². The molecule has 0 saturated carbocycles. The van der Waals surface area contributed by atoms with Gasteiger partial charge in [0.2, 0.25) is 5.91 Å². The average Bonchev–Trinajstić information content (AvgIpc) is 2.89. The maximum absolute atomic E-state index is 12.2. The number of carbonyl (C=O) groups is 2. The van der Waals surface area contributed by atoms with Crippen molar-refractivity contribution in [2.24, 2.45) is 0 Å². The van der Waals surface area contributed by atoms with Crippen molar-refractivity contribution in [3.05, 3.63) is 16.1 Å². The van der Waals surface area contributed by atoms with Gasteiger partial charge >= 0.3 is 5.97 Å². The molecule has 0 N–H and O–H groups in total. The van der Waals surface area contributed by atoms with Gasteiger partial charge in [-0.05, 0) is 20.3 Å². The number of hydrogen-bond acceptors (Lipinski definition) is 5. The highest BCUT2D eigenvalue weighted by molar-refractivity contribution is 7.09. The molecule has 0 saturated heterocycles. The first-order chi connectivity index (χ1) is 9.49. The fourth-order valence-electron chi connectivity index (χ4n) is 1.76. The van der Waals surface area contributed by atoms with Gasteiger partial charge in [0.05, 0.1) is 13.7 Å². The molecule has 0 radical (unpaired) electrons. The summed E-state index contributed by atoms with van der Waals surface area (Å²) in [5.74, 6) is -0.308. The molecule has 6 heteroatoms. The van der Waals surface area contributed by atoms with Crippen molar-refractivity contribution in [1.82, 2.24) is 9.88 Å². The number of nitrogens with zero attached hydrogens (tertiary/aromatic N) is 2. The van der Waals surface area contributed by atoms with E-state index in [4.69, 9.17) is 0 Å². The summed E-state index contributed by atoms with van der Waals surface area (Å²) in [7, 11) is 1.33. The third-order valence-electron chi connectivity index (χ3n) is 2.94. The van der Waals surface area contributed by atoms with Crippen molar-refractivity contribution in [1.29, 1.82) is 0 Å². The molecule has 0 spiro atoms. The Bertz CT molecular complexity index is 457. The predicted molar refractivity (Wildman–Crippen MR) is 78.7 cm³/mol. The van der Waals surface area contributed by atoms with E-state index in [0.29, 0.717) is 18.7 Å². The van der Waals surface area contributed by atoms with Crippen LogP contribution in [-0.2, 0) is 16.1 Å². The van der Waals surface area contributed by atoms with Crippen molar-refractivity contribution in [3.8, 4) is 0 Å². The van der Waals surface area contributed by atoms with Gasteiger partial charge in [-0.1, -0.05) is 13.3 Å². The van der Waals surface area contributed by atoms with E-state index in [2.05, 4.69) is 16.6 Å². The lowest BCUT2D eigenvalue weighted by Gasteiger charge is -2.25. The monoisotopic (exact) mass is 298 g/mol. The van der Waals surface area contributed by atoms with Crippen LogP contribution in [0.25, 0.3) is 0 Å². The number of thiazole rings is 1. The molecular weight excluding hydrogens is 276 g/mol. The van der Waals surface area contributed by atoms with Crippen molar-refractivity contribution >= 4 is 23.2 Å². The number of unbranched alkanes of at least 4 members (excludes halogenated alkanes) is 1. The highest BCUT2D eigenvalue weighted by Gasteiger charge is 2.19. The summed E-state index contributed by atoms with van der Waals surface area (Å²) in [5.41, 5.74) is 0.303. The molecule has 0 aliphatic heterocycles. The van der Waals surface area contributed by atoms with Crippen molar-refractivity contribution in [3.63, 3.8) is 0 Å². The molecule has 0 bridgehead atoms. The van der Waals surface area contributed by atoms with Crippen LogP contribution in [0.15, 0.2) is 5.38 Å². The molecule has 1 aromatic rings. The van der Waals surface area contributed by atoms with E-state index in [0.717, 1.165) is 17.8 Å². The van der Waals surface area contributed by atoms with E-state index in [9.17, 15) is 9.59 Å². The zero-order valence-corrected chi connectivity index (χ0v) is 13.3. The molecule has 1 amide bonds. The molecule has 0 aliphatic rings. The van der Waals surface area contributed by atoms with Gasteiger partial charge in [-0.3, -0.25) is 4.79 Å². The summed E-state index contributed by atoms with van der Waals surface area (Å²) in [6, 6.07) is 0.116. The minimum atomic E-state index is -0.444. The largest absolute Gasteiger partial charge is 0.464 e. The minimum Gasteiger partial charge on any atom is -0.464 e. The topological polar surface area (TPSA) is 59.5 Å². The summed E-state index contributed by atoms with van der Waals surface area (Å²) >= 11 is 1.37. The maximum Gasteiger partial charge on any atom is 0.357 e. The van der Waals surface area contributed by atoms with Crippen LogP contribution in [0.1, 0.15) is 55.5 Å². The second-order valence-electron chi connectivity index (χ2n) is 4.84. The zero-order valence-electron chi connectivity index (χ0n) is 12.5. The normalized spacial score (nSPS) is 10.7. The summed E-state index contributed by atoms with van der Waals surface area (Å²) in [6.45, 7) is 6.48. The number of methoxy groups -OCH3 is 1. The van der Waals surface area contributed by atoms with E-state index >= 15 is 0 Å². The molecular formula is C14H22N2O3S. The molecule has 0 atom stereocenters. The molecule has 1 rings (SSSR count). The van der Waals surface area contributed by atoms with Gasteiger partial charge in [0.15, 0.2) is 5.69 Å². The van der Waals surface area contributed by atoms with Gasteiger partial charge in [0.25, 0.3) is 0 Å². The number of aromatic nitrogens is 1. The SMILES string of the molecule is CCCCC(=O)N(Cc1nc(C(=O)OC)cs1)C(C)C. The quantitative estimate of drug-likeness (QED) is 0.726. The first-order valence-corrected chi connectivity index (χ1v) is 7.69. The van der Waals surface area contributed by atoms with Gasteiger partial charge in [0, 0.05) is 17.8 Å². The van der Waals surface area contributed by atoms with Crippen molar-refractivity contribution < 1.29 is 14.3 Å². The van der Waals surface area contributed by atoms with Crippen LogP contribution < -0.4 is 0 Å². The number of rotatable bonds is 7. The Hall–Kier alpha value is -1.43. The number of amides is 1. The molecule has 20 heavy (non-hydrogen) atoms. The summed E-state index contributed by atoms with van der Waals surface area (Å²) in [5, 5.41) is 2.42. The standard InChI is InChI=1S/C14H22N2O3S/c1-5-6-7-13(17)16(10(2)3)8-12-15-11(9-20-12)14(18)19-4/h9-10H,5-8H2,1-4H3. The van der Waals surface area contributed by atoms with Crippen LogP contribution in [0.2, 0.25) is 0 Å². The van der Waals surface area contributed by atoms with E-state index in [1.165, 1.54) is 18.4 Å². The van der Waals surface area contributed by atoms with Crippen LogP contribution in [0.4, 0.5) is 0 Å². The fourth-order valence-corrected chi connectivity index (χ4v) is 2.52. The summed E-state index contributed by atoms with van der Waals surface area (Å²) in [6.07, 6.45) is 2.46. The third-order valence-corrected chi connectivity index (χ3v) is 3.77. The molecule has 0 aliphatic carbocycles. The third kappa shape index (κ3) is 4.59. The Labute approximate surface area is 124 Å². The van der Waals surface area contributed by atoms with Gasteiger partial charge in [0.1, 0.15) is 5.01 Å². The zero-order chi connectivity index (χ0) is 15.1. The number of carbonyl (C=O) groups excluding carboxylic acids is 2. The predicted octanol–water partition coefficient (Wildman–Crippen LogP) is 2.86. The van der Waals surface area contributed by atoms with Crippen LogP contribution in [0.3, 0.4) is 0 Å². The second kappa shape index (κ2) is 7.99. The van der Waals surface area contributed by atoms with Crippen LogP contribution in [0.5, 0.6) is 0 Å². The van der Waals surface area contributed by atoms with Crippen molar-refractivity contribution in [2.45, 2.75) is 52.6 Å². The van der Waals surface area contributed by atoms with Gasteiger partial charge < -0.3 is 9.64 Å². The van der Waals surface area contributed by atoms with Crippen LogP contribution in [0, 0.1) is 0 Å². The van der Waals surface area contributed by atoms with Crippen LogP contribution in [-0.4, -0.2) is 34.9 Å². The van der Waals surface area contributed by atoms with Gasteiger partial charge in [-0.2, -0.15) is 0 Å². The minimum absolute atomic E-state index is 0.116. The number of esters is 1. The fraction of sp³-hybridized carbons (Fsp3) is 0.643. The van der Waals surface area contributed by atoms with E-state index in [1.807, 2.05) is 13.8 Å². The molecule has 0 unspecified atom stereocenters. The maximum atomic E-state index is 12.2. The van der Waals surface area contributed by atoms with Crippen LogP contribution >= 0.6 is 11.3 Å². The van der Waals surface area contributed by atoms with E-state index < -0.39 is 5.97 Å². The lowest BCUT2D eigenvalue weighted by molar-refractivity contribution is -0.133.